The average Bonchev–Trinajstić information content (AvgIpc) is 2.69. The molecular weight excluding hydrogens is 238 g/mol. The minimum absolute atomic E-state index is 0.0377. The van der Waals surface area contributed by atoms with Crippen LogP contribution >= 0.6 is 11.8 Å². The van der Waals surface area contributed by atoms with E-state index in [1.54, 1.807) is 17.8 Å². The van der Waals surface area contributed by atoms with Crippen LogP contribution in [0.15, 0.2) is 28.7 Å². The van der Waals surface area contributed by atoms with E-state index in [0.29, 0.717) is 17.9 Å². The molecule has 0 radical (unpaired) electrons. The van der Waals surface area contributed by atoms with Gasteiger partial charge in [0.2, 0.25) is 5.76 Å². The van der Waals surface area contributed by atoms with Crippen LogP contribution in [0.1, 0.15) is 16.1 Å². The first kappa shape index (κ1) is 12.0. The van der Waals surface area contributed by atoms with Crippen molar-refractivity contribution in [2.45, 2.75) is 5.75 Å². The molecule has 4 nitrogen and oxygen atoms in total. The molecule has 0 aliphatic rings. The molecule has 1 aromatic carbocycles. The maximum Gasteiger partial charge on any atom is 0.372 e. The number of aromatic carboxylic acids is 1. The number of fused-ring (bicyclic) bond motifs is 1. The SMILES string of the molecule is NCCSCc1c(C(=O)O)oc2ccccc12. The van der Waals surface area contributed by atoms with E-state index in [1.807, 2.05) is 18.2 Å². The molecule has 0 fully saturated rings. The van der Waals surface area contributed by atoms with E-state index in [9.17, 15) is 4.79 Å². The number of carboxylic acids is 1. The number of hydrogen-bond donors (Lipinski definition) is 2. The van der Waals surface area contributed by atoms with E-state index in [0.717, 1.165) is 16.7 Å². The second-order valence-corrected chi connectivity index (χ2v) is 4.66. The third kappa shape index (κ3) is 2.45. The lowest BCUT2D eigenvalue weighted by Gasteiger charge is -1.99. The smallest absolute Gasteiger partial charge is 0.372 e. The molecule has 90 valence electrons. The van der Waals surface area contributed by atoms with E-state index in [4.69, 9.17) is 15.3 Å². The number of para-hydroxylation sites is 1. The van der Waals surface area contributed by atoms with Crippen molar-refractivity contribution < 1.29 is 14.3 Å². The van der Waals surface area contributed by atoms with Crippen LogP contribution in [0.25, 0.3) is 11.0 Å². The number of carbonyl (C=O) groups is 1. The third-order valence-electron chi connectivity index (χ3n) is 2.40. The number of furan rings is 1. The van der Waals surface area contributed by atoms with Gasteiger partial charge in [0.1, 0.15) is 5.58 Å². The first-order valence-corrected chi connectivity index (χ1v) is 6.41. The van der Waals surface area contributed by atoms with Gasteiger partial charge >= 0.3 is 5.97 Å². The lowest BCUT2D eigenvalue weighted by molar-refractivity contribution is 0.0664. The van der Waals surface area contributed by atoms with E-state index in [2.05, 4.69) is 0 Å². The Morgan fingerprint density at radius 2 is 2.18 bits per heavy atom. The van der Waals surface area contributed by atoms with Gasteiger partial charge in [-0.2, -0.15) is 11.8 Å². The Labute approximate surface area is 103 Å². The van der Waals surface area contributed by atoms with Crippen molar-refractivity contribution in [3.05, 3.63) is 35.6 Å². The predicted octanol–water partition coefficient (Wildman–Crippen LogP) is 2.32. The van der Waals surface area contributed by atoms with Crippen LogP contribution in [0.2, 0.25) is 0 Å². The zero-order valence-electron chi connectivity index (χ0n) is 9.18. The van der Waals surface area contributed by atoms with Gasteiger partial charge in [0.15, 0.2) is 0 Å². The molecule has 0 atom stereocenters. The molecule has 0 saturated carbocycles. The van der Waals surface area contributed by atoms with Crippen LogP contribution in [0.4, 0.5) is 0 Å². The number of carboxylic acid groups (broad SMARTS) is 1. The van der Waals surface area contributed by atoms with Gasteiger partial charge in [0, 0.05) is 29.0 Å². The summed E-state index contributed by atoms with van der Waals surface area (Å²) < 4.78 is 5.35. The lowest BCUT2D eigenvalue weighted by atomic mass is 10.1. The van der Waals surface area contributed by atoms with E-state index < -0.39 is 5.97 Å². The van der Waals surface area contributed by atoms with Gasteiger partial charge in [-0.25, -0.2) is 4.79 Å². The zero-order valence-corrected chi connectivity index (χ0v) is 10.00. The number of nitrogens with two attached hydrogens (primary N) is 1. The predicted molar refractivity (Wildman–Crippen MR) is 68.4 cm³/mol. The summed E-state index contributed by atoms with van der Waals surface area (Å²) in [5, 5.41) is 9.97. The van der Waals surface area contributed by atoms with Crippen molar-refractivity contribution >= 4 is 28.7 Å². The molecule has 0 amide bonds. The third-order valence-corrected chi connectivity index (χ3v) is 3.42. The highest BCUT2D eigenvalue weighted by molar-refractivity contribution is 7.98. The summed E-state index contributed by atoms with van der Waals surface area (Å²) in [4.78, 5) is 11.1. The van der Waals surface area contributed by atoms with E-state index in [1.165, 1.54) is 0 Å². The van der Waals surface area contributed by atoms with Crippen molar-refractivity contribution in [2.24, 2.45) is 5.73 Å². The molecule has 2 rings (SSSR count). The molecule has 1 heterocycles. The average molecular weight is 251 g/mol. The quantitative estimate of drug-likeness (QED) is 0.797. The van der Waals surface area contributed by atoms with Crippen molar-refractivity contribution in [1.82, 2.24) is 0 Å². The van der Waals surface area contributed by atoms with Crippen molar-refractivity contribution in [1.29, 1.82) is 0 Å². The molecule has 0 spiro atoms. The van der Waals surface area contributed by atoms with Gasteiger partial charge in [-0.3, -0.25) is 0 Å². The molecule has 5 heteroatoms. The summed E-state index contributed by atoms with van der Waals surface area (Å²) in [6.45, 7) is 0.586. The number of thioether (sulfide) groups is 1. The number of hydrogen-bond acceptors (Lipinski definition) is 4. The normalized spacial score (nSPS) is 10.9. The van der Waals surface area contributed by atoms with Crippen molar-refractivity contribution in [3.63, 3.8) is 0 Å². The molecule has 0 saturated heterocycles. The molecule has 3 N–H and O–H groups in total. The first-order chi connectivity index (χ1) is 8.24. The standard InChI is InChI=1S/C12H13NO3S/c13-5-6-17-7-9-8-3-1-2-4-10(8)16-11(9)12(14)15/h1-4H,5-7,13H2,(H,14,15). The summed E-state index contributed by atoms with van der Waals surface area (Å²) in [5.41, 5.74) is 6.78. The number of rotatable bonds is 5. The Bertz CT molecular complexity index is 536. The molecule has 1 aromatic heterocycles. The Balaban J connectivity index is 2.41. The minimum Gasteiger partial charge on any atom is -0.475 e. The fourth-order valence-electron chi connectivity index (χ4n) is 1.67. The van der Waals surface area contributed by atoms with Crippen LogP contribution in [0.5, 0.6) is 0 Å². The molecule has 17 heavy (non-hydrogen) atoms. The van der Waals surface area contributed by atoms with E-state index >= 15 is 0 Å². The zero-order chi connectivity index (χ0) is 12.3. The van der Waals surface area contributed by atoms with Crippen molar-refractivity contribution in [3.8, 4) is 0 Å². The summed E-state index contributed by atoms with van der Waals surface area (Å²) in [6, 6.07) is 7.36. The van der Waals surface area contributed by atoms with Gasteiger partial charge in [0.25, 0.3) is 0 Å². The minimum atomic E-state index is -1.02. The van der Waals surface area contributed by atoms with Crippen LogP contribution in [0, 0.1) is 0 Å². The van der Waals surface area contributed by atoms with Gasteiger partial charge in [-0.05, 0) is 6.07 Å². The maximum absolute atomic E-state index is 11.1. The van der Waals surface area contributed by atoms with Gasteiger partial charge in [-0.15, -0.1) is 0 Å². The molecule has 0 unspecified atom stereocenters. The van der Waals surface area contributed by atoms with Gasteiger partial charge in [0.05, 0.1) is 0 Å². The van der Waals surface area contributed by atoms with Crippen LogP contribution in [-0.4, -0.2) is 23.4 Å². The first-order valence-electron chi connectivity index (χ1n) is 5.25. The van der Waals surface area contributed by atoms with Crippen molar-refractivity contribution in [2.75, 3.05) is 12.3 Å². The van der Waals surface area contributed by atoms with Crippen LogP contribution in [0.3, 0.4) is 0 Å². The maximum atomic E-state index is 11.1. The summed E-state index contributed by atoms with van der Waals surface area (Å²) >= 11 is 1.61. The summed E-state index contributed by atoms with van der Waals surface area (Å²) in [7, 11) is 0. The Hall–Kier alpha value is -1.46. The van der Waals surface area contributed by atoms with Gasteiger partial charge in [-0.1, -0.05) is 18.2 Å². The molecule has 0 aliphatic heterocycles. The largest absolute Gasteiger partial charge is 0.475 e. The Morgan fingerprint density at radius 1 is 1.41 bits per heavy atom. The molecule has 2 aromatic rings. The molecular formula is C12H13NO3S. The second-order valence-electron chi connectivity index (χ2n) is 3.55. The fraction of sp³-hybridized carbons (Fsp3) is 0.250. The Morgan fingerprint density at radius 3 is 2.88 bits per heavy atom. The van der Waals surface area contributed by atoms with Crippen LogP contribution in [-0.2, 0) is 5.75 Å². The topological polar surface area (TPSA) is 76.5 Å². The fourth-order valence-corrected chi connectivity index (χ4v) is 2.47. The highest BCUT2D eigenvalue weighted by Gasteiger charge is 2.19. The highest BCUT2D eigenvalue weighted by atomic mass is 32.2. The summed E-state index contributed by atoms with van der Waals surface area (Å²) in [5.74, 6) is 0.425. The lowest BCUT2D eigenvalue weighted by Crippen LogP contribution is -2.03. The van der Waals surface area contributed by atoms with Gasteiger partial charge < -0.3 is 15.3 Å². The van der Waals surface area contributed by atoms with E-state index in [-0.39, 0.29) is 5.76 Å². The Kier molecular flexibility index (Phi) is 3.71. The van der Waals surface area contributed by atoms with Crippen LogP contribution < -0.4 is 5.73 Å². The highest BCUT2D eigenvalue weighted by Crippen LogP contribution is 2.29. The monoisotopic (exact) mass is 251 g/mol. The molecule has 0 bridgehead atoms. The second kappa shape index (κ2) is 5.25. The molecule has 0 aliphatic carbocycles. The summed E-state index contributed by atoms with van der Waals surface area (Å²) in [6.07, 6.45) is 0. The number of benzene rings is 1.